The van der Waals surface area contributed by atoms with Crippen LogP contribution in [-0.4, -0.2) is 61.1 Å². The zero-order valence-electron chi connectivity index (χ0n) is 10.5. The number of hydrogen-bond acceptors (Lipinski definition) is 4. The first-order valence-corrected chi connectivity index (χ1v) is 8.16. The topological polar surface area (TPSA) is 104 Å². The molecule has 7 nitrogen and oxygen atoms in total. The van der Waals surface area contributed by atoms with Gasteiger partial charge in [0.2, 0.25) is 0 Å². The average molecular weight is 290 g/mol. The smallest absolute Gasteiger partial charge is 0.323 e. The fourth-order valence-corrected chi connectivity index (χ4v) is 4.13. The Morgan fingerprint density at radius 2 is 1.95 bits per heavy atom. The van der Waals surface area contributed by atoms with E-state index in [2.05, 4.69) is 5.32 Å². The van der Waals surface area contributed by atoms with Gasteiger partial charge in [0.15, 0.2) is 9.84 Å². The molecule has 1 unspecified atom stereocenters. The van der Waals surface area contributed by atoms with Crippen molar-refractivity contribution >= 4 is 21.8 Å². The maximum absolute atomic E-state index is 11.9. The lowest BCUT2D eigenvalue weighted by molar-refractivity contribution is -0.137. The molecule has 2 rings (SSSR count). The Morgan fingerprint density at radius 1 is 1.26 bits per heavy atom. The summed E-state index contributed by atoms with van der Waals surface area (Å²) in [7, 11) is -2.95. The molecule has 1 aliphatic heterocycles. The molecule has 8 heteroatoms. The molecule has 0 spiro atoms. The Hall–Kier alpha value is -1.31. The Balaban J connectivity index is 1.81. The van der Waals surface area contributed by atoms with E-state index in [1.54, 1.807) is 0 Å². The molecule has 1 aliphatic carbocycles. The van der Waals surface area contributed by atoms with Crippen LogP contribution in [0.5, 0.6) is 0 Å². The summed E-state index contributed by atoms with van der Waals surface area (Å²) < 4.78 is 22.6. The lowest BCUT2D eigenvalue weighted by atomic mass is 10.1. The summed E-state index contributed by atoms with van der Waals surface area (Å²) in [5.74, 6) is -0.810. The minimum absolute atomic E-state index is 0.0170. The predicted molar refractivity (Wildman–Crippen MR) is 67.5 cm³/mol. The molecule has 1 atom stereocenters. The normalized spacial score (nSPS) is 24.9. The standard InChI is InChI=1S/C11H18N2O5S/c14-10(15)6-13(9-1-2-9)11(16)12-5-8-3-4-19(17,18)7-8/h8-9H,1-7H2,(H,12,16)(H,14,15). The van der Waals surface area contributed by atoms with Gasteiger partial charge < -0.3 is 15.3 Å². The molecular weight excluding hydrogens is 272 g/mol. The first-order valence-electron chi connectivity index (χ1n) is 6.34. The first kappa shape index (κ1) is 14.1. The van der Waals surface area contributed by atoms with Crippen molar-refractivity contribution in [3.63, 3.8) is 0 Å². The number of nitrogens with one attached hydrogen (secondary N) is 1. The van der Waals surface area contributed by atoms with Gasteiger partial charge in [0.1, 0.15) is 6.54 Å². The highest BCUT2D eigenvalue weighted by molar-refractivity contribution is 7.91. The third-order valence-electron chi connectivity index (χ3n) is 3.42. The van der Waals surface area contributed by atoms with Crippen molar-refractivity contribution in [2.24, 2.45) is 5.92 Å². The zero-order valence-corrected chi connectivity index (χ0v) is 11.4. The third-order valence-corrected chi connectivity index (χ3v) is 5.26. The molecule has 19 heavy (non-hydrogen) atoms. The van der Waals surface area contributed by atoms with Crippen molar-refractivity contribution in [2.45, 2.75) is 25.3 Å². The average Bonchev–Trinajstić information content (AvgIpc) is 3.08. The first-order chi connectivity index (χ1) is 8.87. The van der Waals surface area contributed by atoms with Crippen LogP contribution in [0.2, 0.25) is 0 Å². The zero-order chi connectivity index (χ0) is 14.0. The van der Waals surface area contributed by atoms with Gasteiger partial charge in [-0.3, -0.25) is 4.79 Å². The van der Waals surface area contributed by atoms with Crippen LogP contribution in [0.4, 0.5) is 4.79 Å². The van der Waals surface area contributed by atoms with Crippen LogP contribution in [-0.2, 0) is 14.6 Å². The van der Waals surface area contributed by atoms with Gasteiger partial charge in [-0.25, -0.2) is 13.2 Å². The van der Waals surface area contributed by atoms with E-state index in [4.69, 9.17) is 5.11 Å². The minimum Gasteiger partial charge on any atom is -0.480 e. The maximum atomic E-state index is 11.9. The van der Waals surface area contributed by atoms with Crippen molar-refractivity contribution < 1.29 is 23.1 Å². The lowest BCUT2D eigenvalue weighted by Crippen LogP contribution is -2.45. The molecule has 0 aromatic carbocycles. The van der Waals surface area contributed by atoms with Gasteiger partial charge in [0.05, 0.1) is 11.5 Å². The second-order valence-corrected chi connectivity index (χ2v) is 7.44. The molecule has 1 saturated heterocycles. The van der Waals surface area contributed by atoms with Crippen molar-refractivity contribution in [3.8, 4) is 0 Å². The van der Waals surface area contributed by atoms with Gasteiger partial charge in [-0.2, -0.15) is 0 Å². The summed E-state index contributed by atoms with van der Waals surface area (Å²) in [5.41, 5.74) is 0. The Morgan fingerprint density at radius 3 is 2.42 bits per heavy atom. The van der Waals surface area contributed by atoms with E-state index in [-0.39, 0.29) is 30.0 Å². The van der Waals surface area contributed by atoms with Crippen molar-refractivity contribution in [3.05, 3.63) is 0 Å². The molecule has 2 aliphatic rings. The number of hydrogen-bond donors (Lipinski definition) is 2. The van der Waals surface area contributed by atoms with E-state index >= 15 is 0 Å². The van der Waals surface area contributed by atoms with Crippen LogP contribution in [0.3, 0.4) is 0 Å². The Kier molecular flexibility index (Phi) is 3.98. The quantitative estimate of drug-likeness (QED) is 0.722. The molecule has 108 valence electrons. The number of rotatable bonds is 5. The van der Waals surface area contributed by atoms with Gasteiger partial charge in [-0.05, 0) is 25.2 Å². The number of amides is 2. The van der Waals surface area contributed by atoms with Crippen molar-refractivity contribution in [1.29, 1.82) is 0 Å². The van der Waals surface area contributed by atoms with Crippen molar-refractivity contribution in [1.82, 2.24) is 10.2 Å². The van der Waals surface area contributed by atoms with E-state index < -0.39 is 21.8 Å². The molecule has 1 heterocycles. The largest absolute Gasteiger partial charge is 0.480 e. The van der Waals surface area contributed by atoms with E-state index in [1.165, 1.54) is 4.90 Å². The molecule has 0 aromatic heterocycles. The van der Waals surface area contributed by atoms with Gasteiger partial charge in [-0.1, -0.05) is 0 Å². The number of aliphatic carboxylic acids is 1. The number of nitrogens with zero attached hydrogens (tertiary/aromatic N) is 1. The summed E-state index contributed by atoms with van der Waals surface area (Å²) in [6.07, 6.45) is 2.22. The molecule has 2 fully saturated rings. The third kappa shape index (κ3) is 4.09. The van der Waals surface area contributed by atoms with Crippen LogP contribution in [0.25, 0.3) is 0 Å². The molecule has 0 bridgehead atoms. The van der Waals surface area contributed by atoms with Crippen LogP contribution in [0, 0.1) is 5.92 Å². The van der Waals surface area contributed by atoms with Gasteiger partial charge >= 0.3 is 12.0 Å². The molecule has 0 radical (unpaired) electrons. The fourth-order valence-electron chi connectivity index (χ4n) is 2.26. The van der Waals surface area contributed by atoms with Gasteiger partial charge in [-0.15, -0.1) is 0 Å². The molecule has 1 saturated carbocycles. The Labute approximate surface area is 111 Å². The molecule has 2 N–H and O–H groups in total. The highest BCUT2D eigenvalue weighted by Gasteiger charge is 2.34. The van der Waals surface area contributed by atoms with E-state index in [9.17, 15) is 18.0 Å². The monoisotopic (exact) mass is 290 g/mol. The molecule has 2 amide bonds. The predicted octanol–water partition coefficient (Wildman–Crippen LogP) is -0.320. The summed E-state index contributed by atoms with van der Waals surface area (Å²) in [5, 5.41) is 11.4. The summed E-state index contributed by atoms with van der Waals surface area (Å²) in [4.78, 5) is 23.9. The second-order valence-electron chi connectivity index (χ2n) is 5.21. The number of carboxylic acid groups (broad SMARTS) is 1. The lowest BCUT2D eigenvalue weighted by Gasteiger charge is -2.21. The second kappa shape index (κ2) is 5.36. The highest BCUT2D eigenvalue weighted by Crippen LogP contribution is 2.26. The van der Waals surface area contributed by atoms with E-state index in [0.717, 1.165) is 12.8 Å². The highest BCUT2D eigenvalue weighted by atomic mass is 32.2. The van der Waals surface area contributed by atoms with Gasteiger partial charge in [0, 0.05) is 12.6 Å². The fraction of sp³-hybridized carbons (Fsp3) is 0.818. The Bertz CT molecular complexity index is 471. The number of urea groups is 1. The van der Waals surface area contributed by atoms with E-state index in [0.29, 0.717) is 13.0 Å². The van der Waals surface area contributed by atoms with Crippen LogP contribution < -0.4 is 5.32 Å². The SMILES string of the molecule is O=C(O)CN(C(=O)NCC1CCS(=O)(=O)C1)C1CC1. The number of carbonyl (C=O) groups is 2. The minimum atomic E-state index is -2.95. The molecular formula is C11H18N2O5S. The van der Waals surface area contributed by atoms with Crippen LogP contribution in [0.1, 0.15) is 19.3 Å². The summed E-state index contributed by atoms with van der Waals surface area (Å²) in [6, 6.07) is -0.391. The van der Waals surface area contributed by atoms with E-state index in [1.807, 2.05) is 0 Å². The number of carboxylic acids is 1. The number of sulfone groups is 1. The van der Waals surface area contributed by atoms with Crippen LogP contribution in [0.15, 0.2) is 0 Å². The number of carbonyl (C=O) groups excluding carboxylic acids is 1. The summed E-state index contributed by atoms with van der Waals surface area (Å²) in [6.45, 7) is -0.0135. The maximum Gasteiger partial charge on any atom is 0.323 e. The van der Waals surface area contributed by atoms with Crippen molar-refractivity contribution in [2.75, 3.05) is 24.6 Å². The summed E-state index contributed by atoms with van der Waals surface area (Å²) >= 11 is 0. The van der Waals surface area contributed by atoms with Crippen LogP contribution >= 0.6 is 0 Å². The molecule has 0 aromatic rings. The van der Waals surface area contributed by atoms with Gasteiger partial charge in [0.25, 0.3) is 0 Å².